The lowest BCUT2D eigenvalue weighted by Gasteiger charge is -2.19. The Labute approximate surface area is 122 Å². The second-order valence-corrected chi connectivity index (χ2v) is 6.26. The van der Waals surface area contributed by atoms with Gasteiger partial charge >= 0.3 is 7.60 Å². The maximum atomic E-state index is 11.7. The number of nitrogens with one attached hydrogen (secondary N) is 3. The molecule has 0 rings (SSSR count). The van der Waals surface area contributed by atoms with Crippen LogP contribution in [0.1, 0.15) is 20.8 Å². The molecule has 0 aromatic carbocycles. The molecular weight excluding hydrogens is 303 g/mol. The number of amides is 3. The minimum atomic E-state index is -4.36. The van der Waals surface area contributed by atoms with Gasteiger partial charge in [0.15, 0.2) is 0 Å². The molecule has 3 amide bonds. The van der Waals surface area contributed by atoms with Gasteiger partial charge in [-0.3, -0.25) is 18.9 Å². The summed E-state index contributed by atoms with van der Waals surface area (Å²) >= 11 is 0. The predicted molar refractivity (Wildman–Crippen MR) is 73.9 cm³/mol. The highest BCUT2D eigenvalue weighted by Gasteiger charge is 2.23. The first-order valence-electron chi connectivity index (χ1n) is 6.12. The van der Waals surface area contributed by atoms with E-state index in [-0.39, 0.29) is 0 Å². The van der Waals surface area contributed by atoms with Crippen molar-refractivity contribution in [2.24, 2.45) is 5.73 Å². The lowest BCUT2D eigenvalue weighted by atomic mass is 10.2. The number of carbonyl (C=O) groups is 3. The average Bonchev–Trinajstić information content (AvgIpc) is 2.34. The zero-order valence-electron chi connectivity index (χ0n) is 12.0. The van der Waals surface area contributed by atoms with E-state index in [1.165, 1.54) is 20.8 Å². The Kier molecular flexibility index (Phi) is 7.51. The molecule has 0 saturated heterocycles. The van der Waals surface area contributed by atoms with Gasteiger partial charge in [0.1, 0.15) is 18.4 Å². The molecule has 11 heteroatoms. The second-order valence-electron chi connectivity index (χ2n) is 4.61. The molecule has 0 saturated carbocycles. The molecule has 0 aliphatic heterocycles. The third kappa shape index (κ3) is 8.41. The molecule has 0 aromatic rings. The predicted octanol–water partition coefficient (Wildman–Crippen LogP) is -2.41. The lowest BCUT2D eigenvalue weighted by molar-refractivity contribution is -0.131. The van der Waals surface area contributed by atoms with Gasteiger partial charge in [0.25, 0.3) is 0 Å². The van der Waals surface area contributed by atoms with Crippen molar-refractivity contribution in [3.8, 4) is 0 Å². The van der Waals surface area contributed by atoms with Gasteiger partial charge in [-0.25, -0.2) is 0 Å². The average molecular weight is 324 g/mol. The van der Waals surface area contributed by atoms with Crippen molar-refractivity contribution in [3.05, 3.63) is 0 Å². The summed E-state index contributed by atoms with van der Waals surface area (Å²) in [5.41, 5.74) is 5.33. The monoisotopic (exact) mass is 324 g/mol. The Hall–Kier alpha value is -1.48. The van der Waals surface area contributed by atoms with Gasteiger partial charge in [0, 0.05) is 0 Å². The van der Waals surface area contributed by atoms with Crippen molar-refractivity contribution in [1.82, 2.24) is 16.0 Å². The fourth-order valence-corrected chi connectivity index (χ4v) is 1.51. The van der Waals surface area contributed by atoms with Crippen LogP contribution in [0.25, 0.3) is 0 Å². The van der Waals surface area contributed by atoms with Gasteiger partial charge in [-0.2, -0.15) is 0 Å². The second kappa shape index (κ2) is 8.08. The van der Waals surface area contributed by atoms with Crippen molar-refractivity contribution in [1.29, 1.82) is 0 Å². The fraction of sp³-hybridized carbons (Fsp3) is 0.700. The van der Waals surface area contributed by atoms with Gasteiger partial charge < -0.3 is 31.5 Å². The summed E-state index contributed by atoms with van der Waals surface area (Å²) in [6, 6.07) is -2.69. The maximum absolute atomic E-state index is 11.7. The number of carbonyl (C=O) groups excluding carboxylic acids is 3. The van der Waals surface area contributed by atoms with Crippen LogP contribution in [0.2, 0.25) is 0 Å². The van der Waals surface area contributed by atoms with Crippen LogP contribution < -0.4 is 21.7 Å². The summed E-state index contributed by atoms with van der Waals surface area (Å²) in [7, 11) is -4.36. The Bertz CT molecular complexity index is 449. The van der Waals surface area contributed by atoms with Crippen molar-refractivity contribution in [3.63, 3.8) is 0 Å². The maximum Gasteiger partial charge on any atom is 0.344 e. The molecule has 0 unspecified atom stereocenters. The molecule has 0 radical (unpaired) electrons. The quantitative estimate of drug-likeness (QED) is 0.283. The molecule has 0 aromatic heterocycles. The summed E-state index contributed by atoms with van der Waals surface area (Å²) in [6.07, 6.45) is -0.816. The number of rotatable bonds is 7. The van der Waals surface area contributed by atoms with Crippen LogP contribution in [0.15, 0.2) is 0 Å². The molecule has 0 bridgehead atoms. The molecule has 10 nitrogen and oxygen atoms in total. The Morgan fingerprint density at radius 2 is 1.43 bits per heavy atom. The summed E-state index contributed by atoms with van der Waals surface area (Å²) < 4.78 is 10.6. The SMILES string of the molecule is C[C@H](N)C(=O)N[C@@H](C)C(=O)N[C@@H](C)C(=O)NCP(=O)(O)O. The third-order valence-corrected chi connectivity index (χ3v) is 2.95. The van der Waals surface area contributed by atoms with Crippen LogP contribution in [-0.4, -0.2) is 51.9 Å². The van der Waals surface area contributed by atoms with Gasteiger partial charge in [-0.1, -0.05) is 0 Å². The van der Waals surface area contributed by atoms with Crippen LogP contribution in [0.4, 0.5) is 0 Å². The van der Waals surface area contributed by atoms with E-state index in [1.807, 2.05) is 5.32 Å². The third-order valence-electron chi connectivity index (χ3n) is 2.38. The zero-order chi connectivity index (χ0) is 16.8. The fourth-order valence-electron chi connectivity index (χ4n) is 1.15. The molecule has 3 atom stereocenters. The highest BCUT2D eigenvalue weighted by Crippen LogP contribution is 2.31. The number of hydrogen-bond donors (Lipinski definition) is 6. The normalized spacial score (nSPS) is 15.5. The van der Waals surface area contributed by atoms with E-state index in [9.17, 15) is 18.9 Å². The van der Waals surface area contributed by atoms with Gasteiger partial charge in [0.2, 0.25) is 17.7 Å². The number of hydrogen-bond acceptors (Lipinski definition) is 5. The van der Waals surface area contributed by atoms with Crippen LogP contribution in [-0.2, 0) is 18.9 Å². The molecule has 0 aliphatic carbocycles. The first-order valence-corrected chi connectivity index (χ1v) is 7.92. The van der Waals surface area contributed by atoms with Crippen LogP contribution in [0, 0.1) is 0 Å². The van der Waals surface area contributed by atoms with E-state index in [0.717, 1.165) is 0 Å². The molecule has 0 fully saturated rings. The first kappa shape index (κ1) is 19.5. The van der Waals surface area contributed by atoms with E-state index < -0.39 is 49.7 Å². The van der Waals surface area contributed by atoms with Crippen molar-refractivity contribution < 1.29 is 28.7 Å². The minimum absolute atomic E-state index is 0.517. The molecular formula is C10H21N4O6P. The van der Waals surface area contributed by atoms with Crippen molar-refractivity contribution >= 4 is 25.3 Å². The first-order chi connectivity index (χ1) is 9.44. The largest absolute Gasteiger partial charge is 0.344 e. The van der Waals surface area contributed by atoms with Gasteiger partial charge in [-0.05, 0) is 20.8 Å². The van der Waals surface area contributed by atoms with E-state index in [4.69, 9.17) is 15.5 Å². The highest BCUT2D eigenvalue weighted by atomic mass is 31.2. The smallest absolute Gasteiger partial charge is 0.343 e. The molecule has 7 N–H and O–H groups in total. The summed E-state index contributed by atoms with van der Waals surface area (Å²) in [6.45, 7) is 4.21. The Balaban J connectivity index is 4.34. The summed E-state index contributed by atoms with van der Waals surface area (Å²) in [5.74, 6) is -1.89. The topological polar surface area (TPSA) is 171 Å². The molecule has 0 aliphatic rings. The van der Waals surface area contributed by atoms with E-state index >= 15 is 0 Å². The standard InChI is InChI=1S/C10H21N4O6P/c1-5(11)8(15)13-7(3)10(17)14-6(2)9(16)12-4-21(18,19)20/h5-7H,4,11H2,1-3H3,(H,12,16)(H,13,15)(H,14,17)(H2,18,19,20)/t5-,6-,7-/m0/s1. The molecule has 0 spiro atoms. The van der Waals surface area contributed by atoms with E-state index in [1.54, 1.807) is 0 Å². The van der Waals surface area contributed by atoms with Crippen molar-refractivity contribution in [2.45, 2.75) is 38.9 Å². The highest BCUT2D eigenvalue weighted by molar-refractivity contribution is 7.51. The summed E-state index contributed by atoms with van der Waals surface area (Å²) in [5, 5.41) is 6.65. The Morgan fingerprint density at radius 3 is 1.86 bits per heavy atom. The van der Waals surface area contributed by atoms with Crippen molar-refractivity contribution in [2.75, 3.05) is 6.29 Å². The Morgan fingerprint density at radius 1 is 1.00 bits per heavy atom. The van der Waals surface area contributed by atoms with Gasteiger partial charge in [-0.15, -0.1) is 0 Å². The van der Waals surface area contributed by atoms with E-state index in [0.29, 0.717) is 0 Å². The van der Waals surface area contributed by atoms with E-state index in [2.05, 4.69) is 10.6 Å². The summed E-state index contributed by atoms with van der Waals surface area (Å²) in [4.78, 5) is 51.8. The molecule has 21 heavy (non-hydrogen) atoms. The van der Waals surface area contributed by atoms with Crippen LogP contribution >= 0.6 is 7.60 Å². The van der Waals surface area contributed by atoms with Crippen LogP contribution in [0.3, 0.4) is 0 Å². The minimum Gasteiger partial charge on any atom is -0.343 e. The zero-order valence-corrected chi connectivity index (χ0v) is 12.9. The molecule has 0 heterocycles. The lowest BCUT2D eigenvalue weighted by Crippen LogP contribution is -2.53. The number of nitrogens with two attached hydrogens (primary N) is 1. The van der Waals surface area contributed by atoms with Gasteiger partial charge in [0.05, 0.1) is 6.04 Å². The molecule has 122 valence electrons. The van der Waals surface area contributed by atoms with Crippen LogP contribution in [0.5, 0.6) is 0 Å².